The second kappa shape index (κ2) is 8.52. The van der Waals surface area contributed by atoms with E-state index in [4.69, 9.17) is 0 Å². The number of amides is 1. The summed E-state index contributed by atoms with van der Waals surface area (Å²) in [6.45, 7) is 3.46. The lowest BCUT2D eigenvalue weighted by Gasteiger charge is -2.31. The third kappa shape index (κ3) is 4.66. The van der Waals surface area contributed by atoms with Gasteiger partial charge < -0.3 is 4.90 Å². The monoisotopic (exact) mass is 388 g/mol. The van der Waals surface area contributed by atoms with Crippen LogP contribution in [0.5, 0.6) is 0 Å². The number of piperidine rings is 1. The molecule has 0 spiro atoms. The fourth-order valence-electron chi connectivity index (χ4n) is 3.24. The summed E-state index contributed by atoms with van der Waals surface area (Å²) in [5.41, 5.74) is 0.692. The number of nitro benzene ring substituents is 1. The first kappa shape index (κ1) is 19.4. The van der Waals surface area contributed by atoms with Gasteiger partial charge >= 0.3 is 0 Å². The van der Waals surface area contributed by atoms with Crippen LogP contribution in [0.2, 0.25) is 0 Å². The molecule has 5 nitrogen and oxygen atoms in total. The van der Waals surface area contributed by atoms with E-state index in [9.17, 15) is 19.3 Å². The normalized spacial score (nSPS) is 17.0. The van der Waals surface area contributed by atoms with Crippen molar-refractivity contribution in [3.05, 3.63) is 69.5 Å². The van der Waals surface area contributed by atoms with Crippen molar-refractivity contribution in [3.63, 3.8) is 0 Å². The zero-order valence-electron chi connectivity index (χ0n) is 15.1. The van der Waals surface area contributed by atoms with Gasteiger partial charge in [0.1, 0.15) is 5.82 Å². The predicted molar refractivity (Wildman–Crippen MR) is 103 cm³/mol. The van der Waals surface area contributed by atoms with E-state index >= 15 is 0 Å². The van der Waals surface area contributed by atoms with E-state index in [0.717, 1.165) is 12.8 Å². The van der Waals surface area contributed by atoms with Crippen molar-refractivity contribution in [1.29, 1.82) is 0 Å². The molecule has 1 amide bonds. The SMILES string of the molecule is CC1CCCN(C(=O)c2ccc(SCc3ccccc3F)c([N+](=O)[O-])c2)C1. The molecule has 0 N–H and O–H groups in total. The lowest BCUT2D eigenvalue weighted by atomic mass is 9.99. The summed E-state index contributed by atoms with van der Waals surface area (Å²) in [6.07, 6.45) is 2.04. The van der Waals surface area contributed by atoms with Crippen LogP contribution < -0.4 is 0 Å². The molecular formula is C20H21FN2O3S. The van der Waals surface area contributed by atoms with Crippen LogP contribution in [0, 0.1) is 21.8 Å². The van der Waals surface area contributed by atoms with Crippen molar-refractivity contribution < 1.29 is 14.1 Å². The molecule has 7 heteroatoms. The van der Waals surface area contributed by atoms with Crippen LogP contribution in [0.25, 0.3) is 0 Å². The first-order chi connectivity index (χ1) is 13.0. The number of halogens is 1. The van der Waals surface area contributed by atoms with Crippen molar-refractivity contribution in [1.82, 2.24) is 4.90 Å². The lowest BCUT2D eigenvalue weighted by Crippen LogP contribution is -2.39. The van der Waals surface area contributed by atoms with Crippen molar-refractivity contribution in [2.45, 2.75) is 30.4 Å². The number of carbonyl (C=O) groups excluding carboxylic acids is 1. The molecule has 2 aromatic carbocycles. The second-order valence-electron chi connectivity index (χ2n) is 6.82. The molecule has 1 aliphatic rings. The van der Waals surface area contributed by atoms with Gasteiger partial charge in [0.15, 0.2) is 0 Å². The Morgan fingerprint density at radius 3 is 2.81 bits per heavy atom. The first-order valence-corrected chi connectivity index (χ1v) is 9.88. The van der Waals surface area contributed by atoms with Crippen LogP contribution in [-0.4, -0.2) is 28.8 Å². The zero-order valence-corrected chi connectivity index (χ0v) is 15.9. The van der Waals surface area contributed by atoms with E-state index in [1.54, 1.807) is 35.2 Å². The van der Waals surface area contributed by atoms with Crippen LogP contribution in [0.4, 0.5) is 10.1 Å². The Morgan fingerprint density at radius 2 is 2.11 bits per heavy atom. The van der Waals surface area contributed by atoms with Crippen LogP contribution >= 0.6 is 11.8 Å². The minimum absolute atomic E-state index is 0.118. The smallest absolute Gasteiger partial charge is 0.283 e. The van der Waals surface area contributed by atoms with E-state index in [-0.39, 0.29) is 23.2 Å². The molecule has 0 aliphatic carbocycles. The topological polar surface area (TPSA) is 63.5 Å². The molecule has 0 aromatic heterocycles. The van der Waals surface area contributed by atoms with Gasteiger partial charge in [-0.1, -0.05) is 25.1 Å². The van der Waals surface area contributed by atoms with E-state index < -0.39 is 4.92 Å². The molecule has 0 bridgehead atoms. The third-order valence-corrected chi connectivity index (χ3v) is 5.80. The van der Waals surface area contributed by atoms with Crippen LogP contribution in [0.15, 0.2) is 47.4 Å². The summed E-state index contributed by atoms with van der Waals surface area (Å²) in [5.74, 6) is 0.215. The molecule has 1 atom stereocenters. The number of thioether (sulfide) groups is 1. The summed E-state index contributed by atoms with van der Waals surface area (Å²) in [5, 5.41) is 11.5. The Balaban J connectivity index is 1.79. The minimum atomic E-state index is -0.487. The number of hydrogen-bond donors (Lipinski definition) is 0. The van der Waals surface area contributed by atoms with E-state index in [2.05, 4.69) is 6.92 Å². The Morgan fingerprint density at radius 1 is 1.33 bits per heavy atom. The number of carbonyl (C=O) groups is 1. The van der Waals surface area contributed by atoms with E-state index in [1.807, 2.05) is 0 Å². The summed E-state index contributed by atoms with van der Waals surface area (Å²) in [7, 11) is 0. The summed E-state index contributed by atoms with van der Waals surface area (Å²) in [4.78, 5) is 25.9. The molecule has 1 fully saturated rings. The fourth-order valence-corrected chi connectivity index (χ4v) is 4.23. The van der Waals surface area contributed by atoms with Gasteiger partial charge in [0, 0.05) is 30.5 Å². The lowest BCUT2D eigenvalue weighted by molar-refractivity contribution is -0.387. The molecule has 0 radical (unpaired) electrons. The van der Waals surface area contributed by atoms with Gasteiger partial charge in [-0.05, 0) is 42.5 Å². The molecule has 1 unspecified atom stereocenters. The predicted octanol–water partition coefficient (Wildman–Crippen LogP) is 4.90. The first-order valence-electron chi connectivity index (χ1n) is 8.89. The molecular weight excluding hydrogens is 367 g/mol. The maximum absolute atomic E-state index is 13.8. The van der Waals surface area contributed by atoms with Crippen LogP contribution in [0.1, 0.15) is 35.7 Å². The number of hydrogen-bond acceptors (Lipinski definition) is 4. The van der Waals surface area contributed by atoms with Crippen molar-refractivity contribution >= 4 is 23.4 Å². The Kier molecular flexibility index (Phi) is 6.11. The number of likely N-dealkylation sites (tertiary alicyclic amines) is 1. The third-order valence-electron chi connectivity index (χ3n) is 4.69. The van der Waals surface area contributed by atoms with Gasteiger partial charge in [0.05, 0.1) is 9.82 Å². The average molecular weight is 388 g/mol. The molecule has 0 saturated carbocycles. The number of nitrogens with zero attached hydrogens (tertiary/aromatic N) is 2. The van der Waals surface area contributed by atoms with Gasteiger partial charge in [-0.25, -0.2) is 4.39 Å². The van der Waals surface area contributed by atoms with Crippen molar-refractivity contribution in [3.8, 4) is 0 Å². The highest BCUT2D eigenvalue weighted by Crippen LogP contribution is 2.33. The fraction of sp³-hybridized carbons (Fsp3) is 0.350. The molecule has 27 heavy (non-hydrogen) atoms. The maximum atomic E-state index is 13.8. The number of benzene rings is 2. The van der Waals surface area contributed by atoms with Gasteiger partial charge in [0.2, 0.25) is 0 Å². The molecule has 1 saturated heterocycles. The minimum Gasteiger partial charge on any atom is -0.338 e. The summed E-state index contributed by atoms with van der Waals surface area (Å²) >= 11 is 1.19. The second-order valence-corrected chi connectivity index (χ2v) is 7.84. The number of rotatable bonds is 5. The zero-order chi connectivity index (χ0) is 19.4. The quantitative estimate of drug-likeness (QED) is 0.415. The Hall–Kier alpha value is -2.41. The summed E-state index contributed by atoms with van der Waals surface area (Å²) in [6, 6.07) is 10.9. The van der Waals surface area contributed by atoms with E-state index in [0.29, 0.717) is 35.0 Å². The maximum Gasteiger partial charge on any atom is 0.283 e. The molecule has 3 rings (SSSR count). The molecule has 2 aromatic rings. The average Bonchev–Trinajstić information content (AvgIpc) is 2.66. The highest BCUT2D eigenvalue weighted by Gasteiger charge is 2.24. The molecule has 142 valence electrons. The van der Waals surface area contributed by atoms with Gasteiger partial charge in [-0.3, -0.25) is 14.9 Å². The number of nitro groups is 1. The Labute approximate surface area is 161 Å². The van der Waals surface area contributed by atoms with Crippen LogP contribution in [0.3, 0.4) is 0 Å². The van der Waals surface area contributed by atoms with Gasteiger partial charge in [0.25, 0.3) is 11.6 Å². The largest absolute Gasteiger partial charge is 0.338 e. The van der Waals surface area contributed by atoms with Crippen LogP contribution in [-0.2, 0) is 5.75 Å². The molecule has 1 heterocycles. The standard InChI is InChI=1S/C20H21FN2O3S/c1-14-5-4-10-22(12-14)20(24)15-8-9-19(18(11-15)23(25)26)27-13-16-6-2-3-7-17(16)21/h2-3,6-9,11,14H,4-5,10,12-13H2,1H3. The highest BCUT2D eigenvalue weighted by atomic mass is 32.2. The van der Waals surface area contributed by atoms with Crippen molar-refractivity contribution in [2.75, 3.05) is 13.1 Å². The Bertz CT molecular complexity index is 859. The van der Waals surface area contributed by atoms with Gasteiger partial charge in [-0.15, -0.1) is 11.8 Å². The van der Waals surface area contributed by atoms with Gasteiger partial charge in [-0.2, -0.15) is 0 Å². The van der Waals surface area contributed by atoms with E-state index in [1.165, 1.54) is 23.9 Å². The molecule has 1 aliphatic heterocycles. The highest BCUT2D eigenvalue weighted by molar-refractivity contribution is 7.98. The van der Waals surface area contributed by atoms with Crippen molar-refractivity contribution in [2.24, 2.45) is 5.92 Å². The summed E-state index contributed by atoms with van der Waals surface area (Å²) < 4.78 is 13.8.